The Bertz CT molecular complexity index is 2720. The molecule has 0 saturated carbocycles. The monoisotopic (exact) mass is 654 g/mol. The van der Waals surface area contributed by atoms with Gasteiger partial charge in [-0.3, -0.25) is 0 Å². The second-order valence-electron chi connectivity index (χ2n) is 14.4. The predicted molar refractivity (Wildman–Crippen MR) is 216 cm³/mol. The summed E-state index contributed by atoms with van der Waals surface area (Å²) >= 11 is 0. The van der Waals surface area contributed by atoms with Crippen molar-refractivity contribution in [3.8, 4) is 22.5 Å². The molecule has 51 heavy (non-hydrogen) atoms. The van der Waals surface area contributed by atoms with Gasteiger partial charge >= 0.3 is 0 Å². The van der Waals surface area contributed by atoms with Gasteiger partial charge in [-0.1, -0.05) is 122 Å². The van der Waals surface area contributed by atoms with Crippen molar-refractivity contribution in [2.24, 2.45) is 0 Å². The van der Waals surface area contributed by atoms with Gasteiger partial charge < -0.3 is 9.13 Å². The molecule has 0 saturated heterocycles. The number of rotatable bonds is 5. The number of benzene rings is 6. The van der Waals surface area contributed by atoms with Gasteiger partial charge in [-0.15, -0.1) is 0 Å². The number of allylic oxidation sites excluding steroid dienone is 5. The van der Waals surface area contributed by atoms with Crippen molar-refractivity contribution in [1.29, 1.82) is 0 Å². The first kappa shape index (κ1) is 29.8. The lowest BCUT2D eigenvalue weighted by Gasteiger charge is -2.30. The summed E-state index contributed by atoms with van der Waals surface area (Å²) in [6.45, 7) is 2.40. The maximum Gasteiger partial charge on any atom is 0.0547 e. The summed E-state index contributed by atoms with van der Waals surface area (Å²) < 4.78 is 4.87. The molecule has 1 unspecified atom stereocenters. The van der Waals surface area contributed by atoms with Crippen LogP contribution in [0.5, 0.6) is 0 Å². The highest BCUT2D eigenvalue weighted by Crippen LogP contribution is 2.44. The van der Waals surface area contributed by atoms with Crippen molar-refractivity contribution in [3.05, 3.63) is 192 Å². The van der Waals surface area contributed by atoms with Gasteiger partial charge in [0.05, 0.1) is 16.6 Å². The van der Waals surface area contributed by atoms with E-state index in [0.717, 1.165) is 19.3 Å². The number of hydrogen-bond donors (Lipinski definition) is 0. The summed E-state index contributed by atoms with van der Waals surface area (Å²) in [7, 11) is 0. The van der Waals surface area contributed by atoms with Crippen molar-refractivity contribution in [1.82, 2.24) is 9.13 Å². The molecular formula is C49H38N2. The van der Waals surface area contributed by atoms with E-state index < -0.39 is 0 Å². The van der Waals surface area contributed by atoms with Crippen molar-refractivity contribution in [3.63, 3.8) is 0 Å². The van der Waals surface area contributed by atoms with E-state index in [9.17, 15) is 0 Å². The van der Waals surface area contributed by atoms with Gasteiger partial charge in [-0.25, -0.2) is 0 Å². The van der Waals surface area contributed by atoms with Crippen LogP contribution in [-0.4, -0.2) is 9.13 Å². The van der Waals surface area contributed by atoms with Gasteiger partial charge in [-0.05, 0) is 113 Å². The fraction of sp³-hybridized carbons (Fsp3) is 0.102. The number of para-hydroxylation sites is 3. The third-order valence-corrected chi connectivity index (χ3v) is 11.2. The zero-order valence-corrected chi connectivity index (χ0v) is 28.8. The molecule has 0 aliphatic heterocycles. The summed E-state index contributed by atoms with van der Waals surface area (Å²) in [5.41, 5.74) is 15.2. The van der Waals surface area contributed by atoms with Crippen molar-refractivity contribution in [2.75, 3.05) is 0 Å². The van der Waals surface area contributed by atoms with E-state index >= 15 is 0 Å². The van der Waals surface area contributed by atoms with Gasteiger partial charge in [0.1, 0.15) is 0 Å². The van der Waals surface area contributed by atoms with Crippen molar-refractivity contribution >= 4 is 44.4 Å². The summed E-state index contributed by atoms with van der Waals surface area (Å²) in [4.78, 5) is 0. The average Bonchev–Trinajstić information content (AvgIpc) is 3.70. The third-order valence-electron chi connectivity index (χ3n) is 11.2. The molecule has 10 rings (SSSR count). The lowest BCUT2D eigenvalue weighted by molar-refractivity contribution is 0.589. The van der Waals surface area contributed by atoms with E-state index in [1.807, 2.05) is 0 Å². The largest absolute Gasteiger partial charge is 0.310 e. The third kappa shape index (κ3) is 4.86. The lowest BCUT2D eigenvalue weighted by atomic mass is 9.73. The van der Waals surface area contributed by atoms with Crippen LogP contribution in [0, 0.1) is 0 Å². The second kappa shape index (κ2) is 11.7. The molecule has 0 N–H and O–H groups in total. The molecule has 0 spiro atoms. The molecule has 0 radical (unpaired) electrons. The molecule has 0 amide bonds. The molecule has 2 aliphatic rings. The maximum absolute atomic E-state index is 2.46. The topological polar surface area (TPSA) is 9.86 Å². The van der Waals surface area contributed by atoms with Crippen LogP contribution in [0.25, 0.3) is 66.9 Å². The molecule has 6 aromatic carbocycles. The molecule has 2 heterocycles. The van der Waals surface area contributed by atoms with Crippen LogP contribution >= 0.6 is 0 Å². The Morgan fingerprint density at radius 2 is 1.27 bits per heavy atom. The molecule has 1 atom stereocenters. The minimum Gasteiger partial charge on any atom is -0.310 e. The Balaban J connectivity index is 1.11. The Kier molecular flexibility index (Phi) is 6.86. The van der Waals surface area contributed by atoms with E-state index in [-0.39, 0.29) is 5.41 Å². The lowest BCUT2D eigenvalue weighted by Crippen LogP contribution is -2.25. The summed E-state index contributed by atoms with van der Waals surface area (Å²) in [6, 6.07) is 53.7. The molecule has 2 aliphatic carbocycles. The first-order valence-electron chi connectivity index (χ1n) is 18.1. The van der Waals surface area contributed by atoms with Crippen LogP contribution in [0.1, 0.15) is 42.1 Å². The van der Waals surface area contributed by atoms with Gasteiger partial charge in [-0.2, -0.15) is 0 Å². The quantitative estimate of drug-likeness (QED) is 0.175. The molecule has 2 heteroatoms. The fourth-order valence-corrected chi connectivity index (χ4v) is 8.58. The van der Waals surface area contributed by atoms with Crippen LogP contribution in [0.3, 0.4) is 0 Å². The summed E-state index contributed by atoms with van der Waals surface area (Å²) in [6.07, 6.45) is 14.6. The van der Waals surface area contributed by atoms with E-state index in [1.165, 1.54) is 83.2 Å². The van der Waals surface area contributed by atoms with Crippen LogP contribution in [0.15, 0.2) is 170 Å². The minimum absolute atomic E-state index is 0.155. The normalized spacial score (nSPS) is 16.9. The standard InChI is InChI=1S/C49H38N2/c1-49(29-28-47-44(33-49)41-22-11-12-23-45(41)50(47)39-18-7-3-8-19-39)38-25-27-46-43(32-38)42-26-24-37(31-48(42)51(46)40-20-9-4-10-21-40)36-17-13-16-35(30-36)34-14-5-2-6-15-34/h2-5,7-14,16-32H,6,15,33H2,1H3. The zero-order valence-electron chi connectivity index (χ0n) is 28.8. The number of nitrogens with zero attached hydrogens (tertiary/aromatic N) is 2. The first-order valence-corrected chi connectivity index (χ1v) is 18.1. The van der Waals surface area contributed by atoms with Gasteiger partial charge in [0.2, 0.25) is 0 Å². The highest BCUT2D eigenvalue weighted by Gasteiger charge is 2.32. The predicted octanol–water partition coefficient (Wildman–Crippen LogP) is 12.7. The van der Waals surface area contributed by atoms with Crippen molar-refractivity contribution < 1.29 is 0 Å². The van der Waals surface area contributed by atoms with Gasteiger partial charge in [0, 0.05) is 38.6 Å². The highest BCUT2D eigenvalue weighted by atomic mass is 15.0. The Morgan fingerprint density at radius 1 is 0.549 bits per heavy atom. The second-order valence-corrected chi connectivity index (χ2v) is 14.4. The van der Waals surface area contributed by atoms with E-state index in [1.54, 1.807) is 0 Å². The minimum atomic E-state index is -0.155. The average molecular weight is 655 g/mol. The number of fused-ring (bicyclic) bond motifs is 6. The smallest absolute Gasteiger partial charge is 0.0547 e. The van der Waals surface area contributed by atoms with E-state index in [0.29, 0.717) is 0 Å². The molecule has 0 bridgehead atoms. The zero-order chi connectivity index (χ0) is 33.9. The first-order chi connectivity index (χ1) is 25.1. The molecule has 2 nitrogen and oxygen atoms in total. The number of aromatic nitrogens is 2. The molecule has 244 valence electrons. The Labute approximate surface area is 298 Å². The van der Waals surface area contributed by atoms with E-state index in [4.69, 9.17) is 0 Å². The van der Waals surface area contributed by atoms with Crippen LogP contribution < -0.4 is 0 Å². The van der Waals surface area contributed by atoms with Crippen molar-refractivity contribution in [2.45, 2.75) is 31.6 Å². The van der Waals surface area contributed by atoms with Crippen LogP contribution in [-0.2, 0) is 11.8 Å². The number of hydrogen-bond acceptors (Lipinski definition) is 0. The van der Waals surface area contributed by atoms with Crippen LogP contribution in [0.2, 0.25) is 0 Å². The molecule has 8 aromatic rings. The molecule has 2 aromatic heterocycles. The Morgan fingerprint density at radius 3 is 2.08 bits per heavy atom. The van der Waals surface area contributed by atoms with E-state index in [2.05, 4.69) is 192 Å². The van der Waals surface area contributed by atoms with Crippen LogP contribution in [0.4, 0.5) is 0 Å². The fourth-order valence-electron chi connectivity index (χ4n) is 8.58. The summed E-state index contributed by atoms with van der Waals surface area (Å²) in [5.74, 6) is 0. The molecule has 0 fully saturated rings. The molecular weight excluding hydrogens is 617 g/mol. The van der Waals surface area contributed by atoms with Gasteiger partial charge in [0.25, 0.3) is 0 Å². The SMILES string of the molecule is CC1(c2ccc3c(c2)c2ccc(-c4cccc(C5=CC=CCC5)c4)cc2n3-c2ccccc2)C=Cc2c(c3ccccc3n2-c2ccccc2)C1. The highest BCUT2D eigenvalue weighted by molar-refractivity contribution is 6.10. The summed E-state index contributed by atoms with van der Waals surface area (Å²) in [5, 5.41) is 3.90. The van der Waals surface area contributed by atoms with Gasteiger partial charge in [0.15, 0.2) is 0 Å². The maximum atomic E-state index is 2.46. The Hall–Kier alpha value is -6.12.